The first-order valence-corrected chi connectivity index (χ1v) is 11.9. The number of hydrogen-bond acceptors (Lipinski definition) is 6. The minimum atomic E-state index is -0.439. The molecule has 0 bridgehead atoms. The first kappa shape index (κ1) is 23.5. The summed E-state index contributed by atoms with van der Waals surface area (Å²) in [6, 6.07) is 26.9. The number of nitrogens with zero attached hydrogens (tertiary/aromatic N) is 1. The molecule has 0 saturated carbocycles. The van der Waals surface area contributed by atoms with E-state index in [9.17, 15) is 9.90 Å². The number of fused-ring (bicyclic) bond motifs is 1. The Morgan fingerprint density at radius 3 is 2.61 bits per heavy atom. The van der Waals surface area contributed by atoms with Crippen LogP contribution in [0.25, 0.3) is 10.8 Å². The summed E-state index contributed by atoms with van der Waals surface area (Å²) in [6.07, 6.45) is 2.05. The molecule has 5 rings (SSSR count). The highest BCUT2D eigenvalue weighted by atomic mass is 16.5. The minimum absolute atomic E-state index is 0.0158. The minimum Gasteiger partial charge on any atom is -0.507 e. The number of phenols is 1. The van der Waals surface area contributed by atoms with Crippen LogP contribution in [0, 0.1) is 6.92 Å². The maximum Gasteiger partial charge on any atom is 0.258 e. The molecule has 0 spiro atoms. The molecule has 1 saturated heterocycles. The van der Waals surface area contributed by atoms with Crippen molar-refractivity contribution in [1.29, 1.82) is 0 Å². The molecule has 4 aromatic carbocycles. The zero-order valence-electron chi connectivity index (χ0n) is 19.9. The molecule has 0 aliphatic carbocycles. The van der Waals surface area contributed by atoms with Crippen LogP contribution in [0.1, 0.15) is 34.7 Å². The zero-order valence-corrected chi connectivity index (χ0v) is 19.9. The lowest BCUT2D eigenvalue weighted by Gasteiger charge is -2.11. The Morgan fingerprint density at radius 1 is 1.03 bits per heavy atom. The maximum atomic E-state index is 12.6. The number of carbonyl (C=O) groups is 1. The normalized spacial score (nSPS) is 17.5. The van der Waals surface area contributed by atoms with E-state index in [2.05, 4.69) is 52.6 Å². The van der Waals surface area contributed by atoms with Gasteiger partial charge < -0.3 is 9.84 Å². The van der Waals surface area contributed by atoms with Crippen LogP contribution in [-0.2, 0) is 11.4 Å². The van der Waals surface area contributed by atoms with Crippen LogP contribution >= 0.6 is 0 Å². The van der Waals surface area contributed by atoms with Crippen LogP contribution < -0.4 is 21.0 Å². The van der Waals surface area contributed by atoms with Gasteiger partial charge in [-0.25, -0.2) is 16.3 Å². The molecule has 1 aliphatic heterocycles. The van der Waals surface area contributed by atoms with Crippen molar-refractivity contribution in [3.8, 4) is 11.5 Å². The van der Waals surface area contributed by atoms with Gasteiger partial charge in [-0.15, -0.1) is 0 Å². The molecular weight excluding hydrogens is 452 g/mol. The standard InChI is InChI=1S/C29H28N4O3/c1-19-6-8-20(9-7-19)18-36-23-13-10-22(11-14-23)26-16-27(32-31-26)29(35)33-30-17-25-24-5-3-2-4-21(24)12-15-28(25)34/h2-15,17,26-27,31-32,34H,16,18H2,1H3,(H,33,35)/b30-17+. The van der Waals surface area contributed by atoms with Crippen molar-refractivity contribution in [1.82, 2.24) is 16.3 Å². The summed E-state index contributed by atoms with van der Waals surface area (Å²) in [6.45, 7) is 2.58. The lowest BCUT2D eigenvalue weighted by atomic mass is 10.0. The second-order valence-corrected chi connectivity index (χ2v) is 8.93. The predicted molar refractivity (Wildman–Crippen MR) is 141 cm³/mol. The predicted octanol–water partition coefficient (Wildman–Crippen LogP) is 4.49. The Labute approximate surface area is 209 Å². The van der Waals surface area contributed by atoms with E-state index in [1.54, 1.807) is 6.07 Å². The molecule has 1 amide bonds. The van der Waals surface area contributed by atoms with Crippen LogP contribution in [0.3, 0.4) is 0 Å². The van der Waals surface area contributed by atoms with E-state index in [1.807, 2.05) is 54.6 Å². The number of hydrazone groups is 1. The molecule has 7 nitrogen and oxygen atoms in total. The van der Waals surface area contributed by atoms with Gasteiger partial charge in [0.2, 0.25) is 0 Å². The molecule has 182 valence electrons. The van der Waals surface area contributed by atoms with E-state index in [-0.39, 0.29) is 17.7 Å². The van der Waals surface area contributed by atoms with E-state index in [4.69, 9.17) is 4.74 Å². The van der Waals surface area contributed by atoms with Crippen molar-refractivity contribution in [2.75, 3.05) is 0 Å². The largest absolute Gasteiger partial charge is 0.507 e. The highest BCUT2D eigenvalue weighted by molar-refractivity contribution is 6.02. The summed E-state index contributed by atoms with van der Waals surface area (Å²) >= 11 is 0. The van der Waals surface area contributed by atoms with Gasteiger partial charge in [-0.1, -0.05) is 72.3 Å². The van der Waals surface area contributed by atoms with E-state index < -0.39 is 6.04 Å². The van der Waals surface area contributed by atoms with Gasteiger partial charge in [0.25, 0.3) is 5.91 Å². The van der Waals surface area contributed by atoms with Gasteiger partial charge in [-0.3, -0.25) is 4.79 Å². The second-order valence-electron chi connectivity index (χ2n) is 8.93. The average molecular weight is 481 g/mol. The third kappa shape index (κ3) is 5.38. The number of rotatable bonds is 7. The number of benzene rings is 4. The van der Waals surface area contributed by atoms with Crippen molar-refractivity contribution in [2.45, 2.75) is 32.0 Å². The molecule has 2 atom stereocenters. The quantitative estimate of drug-likeness (QED) is 0.231. The number of aryl methyl sites for hydroxylation is 1. The highest BCUT2D eigenvalue weighted by Crippen LogP contribution is 2.26. The summed E-state index contributed by atoms with van der Waals surface area (Å²) in [5.74, 6) is 0.656. The van der Waals surface area contributed by atoms with Gasteiger partial charge in [-0.2, -0.15) is 5.10 Å². The first-order valence-electron chi connectivity index (χ1n) is 11.9. The molecule has 1 heterocycles. The van der Waals surface area contributed by atoms with Crippen LogP contribution in [0.2, 0.25) is 0 Å². The van der Waals surface area contributed by atoms with Gasteiger partial charge in [0.05, 0.1) is 6.21 Å². The zero-order chi connectivity index (χ0) is 24.9. The Hall–Kier alpha value is -4.20. The van der Waals surface area contributed by atoms with Gasteiger partial charge in [-0.05, 0) is 53.4 Å². The Morgan fingerprint density at radius 2 is 1.81 bits per heavy atom. The molecule has 4 aromatic rings. The molecule has 36 heavy (non-hydrogen) atoms. The fraction of sp³-hybridized carbons (Fsp3) is 0.172. The van der Waals surface area contributed by atoms with Crippen LogP contribution in [0.15, 0.2) is 90.0 Å². The van der Waals surface area contributed by atoms with E-state index in [0.717, 1.165) is 27.6 Å². The van der Waals surface area contributed by atoms with E-state index >= 15 is 0 Å². The van der Waals surface area contributed by atoms with Gasteiger partial charge in [0, 0.05) is 11.6 Å². The maximum absolute atomic E-state index is 12.6. The third-order valence-electron chi connectivity index (χ3n) is 6.34. The summed E-state index contributed by atoms with van der Waals surface area (Å²) < 4.78 is 5.89. The van der Waals surface area contributed by atoms with Gasteiger partial charge in [0.1, 0.15) is 24.1 Å². The van der Waals surface area contributed by atoms with Gasteiger partial charge in [0.15, 0.2) is 0 Å². The first-order chi connectivity index (χ1) is 17.6. The Bertz CT molecular complexity index is 1380. The molecule has 0 aromatic heterocycles. The summed E-state index contributed by atoms with van der Waals surface area (Å²) in [7, 11) is 0. The fourth-order valence-electron chi connectivity index (χ4n) is 4.25. The number of hydrogen-bond donors (Lipinski definition) is 4. The van der Waals surface area contributed by atoms with Crippen LogP contribution in [0.4, 0.5) is 0 Å². The fourth-order valence-corrected chi connectivity index (χ4v) is 4.25. The topological polar surface area (TPSA) is 95.0 Å². The molecule has 4 N–H and O–H groups in total. The van der Waals surface area contributed by atoms with E-state index in [0.29, 0.717) is 18.6 Å². The number of phenolic OH excluding ortho intramolecular Hbond substituents is 1. The molecule has 7 heteroatoms. The van der Waals surface area contributed by atoms with Crippen molar-refractivity contribution >= 4 is 22.9 Å². The van der Waals surface area contributed by atoms with Crippen molar-refractivity contribution in [3.05, 3.63) is 107 Å². The van der Waals surface area contributed by atoms with Crippen molar-refractivity contribution < 1.29 is 14.6 Å². The molecule has 1 fully saturated rings. The number of nitrogens with one attached hydrogen (secondary N) is 3. The molecular formula is C29H28N4O3. The number of hydrazine groups is 1. The summed E-state index contributed by atoms with van der Waals surface area (Å²) in [5.41, 5.74) is 12.8. The molecule has 2 unspecified atom stereocenters. The lowest BCUT2D eigenvalue weighted by molar-refractivity contribution is -0.122. The Balaban J connectivity index is 1.15. The number of ether oxygens (including phenoxy) is 1. The van der Waals surface area contributed by atoms with Crippen molar-refractivity contribution in [3.63, 3.8) is 0 Å². The molecule has 1 aliphatic rings. The molecule has 0 radical (unpaired) electrons. The summed E-state index contributed by atoms with van der Waals surface area (Å²) in [5, 5.41) is 16.2. The SMILES string of the molecule is Cc1ccc(COc2ccc(C3CC(C(=O)N/N=C/c4c(O)ccc5ccccc45)NN3)cc2)cc1. The number of carbonyl (C=O) groups excluding carboxylic acids is 1. The van der Waals surface area contributed by atoms with Crippen LogP contribution in [-0.4, -0.2) is 23.3 Å². The van der Waals surface area contributed by atoms with Gasteiger partial charge >= 0.3 is 0 Å². The Kier molecular flexibility index (Phi) is 6.93. The summed E-state index contributed by atoms with van der Waals surface area (Å²) in [4.78, 5) is 12.6. The second kappa shape index (κ2) is 10.6. The lowest BCUT2D eigenvalue weighted by Crippen LogP contribution is -2.41. The monoisotopic (exact) mass is 480 g/mol. The van der Waals surface area contributed by atoms with E-state index in [1.165, 1.54) is 11.8 Å². The number of aromatic hydroxyl groups is 1. The average Bonchev–Trinajstić information content (AvgIpc) is 3.40. The van der Waals surface area contributed by atoms with Crippen molar-refractivity contribution in [2.24, 2.45) is 5.10 Å². The smallest absolute Gasteiger partial charge is 0.258 e. The number of amides is 1. The highest BCUT2D eigenvalue weighted by Gasteiger charge is 2.30. The van der Waals surface area contributed by atoms with Crippen LogP contribution in [0.5, 0.6) is 11.5 Å². The third-order valence-corrected chi connectivity index (χ3v) is 6.34.